The number of piperazine rings is 1. The highest BCUT2D eigenvalue weighted by Gasteiger charge is 2.28. The molecule has 2 aliphatic heterocycles. The second-order valence-electron chi connectivity index (χ2n) is 9.47. The van der Waals surface area contributed by atoms with Gasteiger partial charge in [0.25, 0.3) is 5.91 Å². The van der Waals surface area contributed by atoms with Crippen LogP contribution in [-0.4, -0.2) is 61.0 Å². The maximum Gasteiger partial charge on any atom is 0.324 e. The number of hydrogen-bond acceptors (Lipinski definition) is 3. The predicted octanol–water partition coefficient (Wildman–Crippen LogP) is 4.93. The molecule has 0 radical (unpaired) electrons. The molecule has 3 aromatic rings. The monoisotopic (exact) mass is 486 g/mol. The average molecular weight is 487 g/mol. The number of nitrogens with zero attached hydrogens (tertiary/aromatic N) is 4. The summed E-state index contributed by atoms with van der Waals surface area (Å²) in [6, 6.07) is 22.3. The maximum atomic E-state index is 14.1. The number of carbonyl (C=O) groups excluding carboxylic acids is 2. The van der Waals surface area contributed by atoms with Crippen LogP contribution in [0.1, 0.15) is 27.9 Å². The van der Waals surface area contributed by atoms with Crippen molar-refractivity contribution < 1.29 is 14.0 Å². The van der Waals surface area contributed by atoms with Crippen LogP contribution < -0.4 is 9.80 Å². The molecule has 7 heteroatoms. The fourth-order valence-corrected chi connectivity index (χ4v) is 4.91. The van der Waals surface area contributed by atoms with Crippen LogP contribution in [0.4, 0.5) is 20.6 Å². The number of aryl methyl sites for hydroxylation is 1. The minimum Gasteiger partial charge on any atom is -0.366 e. The molecule has 0 saturated carbocycles. The summed E-state index contributed by atoms with van der Waals surface area (Å²) in [6.45, 7) is 6.28. The van der Waals surface area contributed by atoms with Crippen molar-refractivity contribution in [2.24, 2.45) is 0 Å². The lowest BCUT2D eigenvalue weighted by Crippen LogP contribution is -2.49. The molecule has 0 spiro atoms. The SMILES string of the molecule is Cc1ccc(CN2CCCN(c3ccc(C(=O)N4CCN(c5ccccc5F)CC4)cc3)C2=O)cc1. The molecule has 2 heterocycles. The zero-order valence-corrected chi connectivity index (χ0v) is 20.6. The van der Waals surface area contributed by atoms with E-state index in [1.54, 1.807) is 29.2 Å². The fraction of sp³-hybridized carbons (Fsp3) is 0.310. The molecule has 6 nitrogen and oxygen atoms in total. The van der Waals surface area contributed by atoms with E-state index in [0.717, 1.165) is 24.2 Å². The van der Waals surface area contributed by atoms with Gasteiger partial charge in [-0.3, -0.25) is 9.69 Å². The van der Waals surface area contributed by atoms with Crippen molar-refractivity contribution in [3.05, 3.63) is 95.3 Å². The standard InChI is InChI=1S/C29H31FN4O2/c1-22-7-9-23(10-8-22)21-33-15-4-16-34(29(33)36)25-13-11-24(12-14-25)28(35)32-19-17-31(18-20-32)27-6-3-2-5-26(27)30/h2-3,5-14H,4,15-21H2,1H3. The van der Waals surface area contributed by atoms with Crippen molar-refractivity contribution in [2.75, 3.05) is 49.1 Å². The second-order valence-corrected chi connectivity index (χ2v) is 9.47. The molecule has 186 valence electrons. The summed E-state index contributed by atoms with van der Waals surface area (Å²) in [5.41, 5.74) is 4.30. The number of para-hydroxylation sites is 1. The number of benzene rings is 3. The number of carbonyl (C=O) groups is 2. The highest BCUT2D eigenvalue weighted by molar-refractivity contribution is 5.96. The van der Waals surface area contributed by atoms with Crippen LogP contribution >= 0.6 is 0 Å². The Hall–Kier alpha value is -3.87. The molecule has 2 saturated heterocycles. The van der Waals surface area contributed by atoms with E-state index in [1.165, 1.54) is 11.6 Å². The van der Waals surface area contributed by atoms with Gasteiger partial charge < -0.3 is 14.7 Å². The lowest BCUT2D eigenvalue weighted by atomic mass is 10.1. The molecule has 0 aliphatic carbocycles. The summed E-state index contributed by atoms with van der Waals surface area (Å²) >= 11 is 0. The van der Waals surface area contributed by atoms with Gasteiger partial charge >= 0.3 is 6.03 Å². The molecule has 3 amide bonds. The van der Waals surface area contributed by atoms with Crippen LogP contribution in [0.5, 0.6) is 0 Å². The molecule has 0 unspecified atom stereocenters. The van der Waals surface area contributed by atoms with E-state index >= 15 is 0 Å². The number of urea groups is 1. The van der Waals surface area contributed by atoms with Crippen molar-refractivity contribution in [2.45, 2.75) is 19.9 Å². The van der Waals surface area contributed by atoms with Gasteiger partial charge in [-0.05, 0) is 55.3 Å². The Morgan fingerprint density at radius 2 is 1.53 bits per heavy atom. The maximum absolute atomic E-state index is 14.1. The van der Waals surface area contributed by atoms with Crippen molar-refractivity contribution in [1.29, 1.82) is 0 Å². The summed E-state index contributed by atoms with van der Waals surface area (Å²) in [7, 11) is 0. The zero-order valence-electron chi connectivity index (χ0n) is 20.6. The molecule has 0 N–H and O–H groups in total. The van der Waals surface area contributed by atoms with E-state index in [0.29, 0.717) is 50.5 Å². The van der Waals surface area contributed by atoms with Gasteiger partial charge in [0, 0.05) is 57.1 Å². The molecule has 5 rings (SSSR count). The lowest BCUT2D eigenvalue weighted by molar-refractivity contribution is 0.0746. The molecule has 2 aliphatic rings. The quantitative estimate of drug-likeness (QED) is 0.514. The predicted molar refractivity (Wildman–Crippen MR) is 140 cm³/mol. The van der Waals surface area contributed by atoms with E-state index in [9.17, 15) is 14.0 Å². The Balaban J connectivity index is 1.20. The van der Waals surface area contributed by atoms with Crippen LogP contribution in [0, 0.1) is 12.7 Å². The Morgan fingerprint density at radius 1 is 0.833 bits per heavy atom. The number of anilines is 2. The summed E-state index contributed by atoms with van der Waals surface area (Å²) in [4.78, 5) is 33.7. The Kier molecular flexibility index (Phi) is 6.89. The van der Waals surface area contributed by atoms with Gasteiger partial charge in [-0.2, -0.15) is 0 Å². The summed E-state index contributed by atoms with van der Waals surface area (Å²) in [5.74, 6) is -0.279. The van der Waals surface area contributed by atoms with E-state index in [-0.39, 0.29) is 17.8 Å². The fourth-order valence-electron chi connectivity index (χ4n) is 4.91. The van der Waals surface area contributed by atoms with E-state index in [2.05, 4.69) is 31.2 Å². The lowest BCUT2D eigenvalue weighted by Gasteiger charge is -2.36. The van der Waals surface area contributed by atoms with Gasteiger partial charge in [-0.15, -0.1) is 0 Å². The van der Waals surface area contributed by atoms with Gasteiger partial charge in [-0.1, -0.05) is 42.0 Å². The van der Waals surface area contributed by atoms with Crippen molar-refractivity contribution in [3.8, 4) is 0 Å². The van der Waals surface area contributed by atoms with Crippen LogP contribution in [-0.2, 0) is 6.54 Å². The minimum absolute atomic E-state index is 0.00910. The first-order chi connectivity index (χ1) is 17.5. The van der Waals surface area contributed by atoms with Crippen LogP contribution in [0.3, 0.4) is 0 Å². The Morgan fingerprint density at radius 3 is 2.22 bits per heavy atom. The molecule has 0 atom stereocenters. The number of rotatable bonds is 5. The van der Waals surface area contributed by atoms with Gasteiger partial charge in [0.05, 0.1) is 5.69 Å². The van der Waals surface area contributed by atoms with Crippen molar-refractivity contribution in [1.82, 2.24) is 9.80 Å². The first-order valence-electron chi connectivity index (χ1n) is 12.5. The number of amides is 3. The second kappa shape index (κ2) is 10.4. The third-order valence-corrected chi connectivity index (χ3v) is 6.99. The van der Waals surface area contributed by atoms with Gasteiger partial charge in [0.2, 0.25) is 0 Å². The normalized spacial score (nSPS) is 16.4. The van der Waals surface area contributed by atoms with Gasteiger partial charge in [0.1, 0.15) is 5.82 Å². The molecule has 0 bridgehead atoms. The molecule has 36 heavy (non-hydrogen) atoms. The largest absolute Gasteiger partial charge is 0.366 e. The van der Waals surface area contributed by atoms with E-state index in [1.807, 2.05) is 32.9 Å². The third kappa shape index (κ3) is 5.05. The van der Waals surface area contributed by atoms with Gasteiger partial charge in [-0.25, -0.2) is 9.18 Å². The van der Waals surface area contributed by atoms with E-state index in [4.69, 9.17) is 0 Å². The highest BCUT2D eigenvalue weighted by Crippen LogP contribution is 2.24. The molecular formula is C29H31FN4O2. The molecule has 0 aromatic heterocycles. The first kappa shape index (κ1) is 23.9. The van der Waals surface area contributed by atoms with Crippen LogP contribution in [0.25, 0.3) is 0 Å². The van der Waals surface area contributed by atoms with E-state index < -0.39 is 0 Å². The average Bonchev–Trinajstić information content (AvgIpc) is 2.91. The van der Waals surface area contributed by atoms with Crippen LogP contribution in [0.15, 0.2) is 72.8 Å². The third-order valence-electron chi connectivity index (χ3n) is 6.99. The highest BCUT2D eigenvalue weighted by atomic mass is 19.1. The van der Waals surface area contributed by atoms with Crippen molar-refractivity contribution in [3.63, 3.8) is 0 Å². The molecule has 3 aromatic carbocycles. The summed E-state index contributed by atoms with van der Waals surface area (Å²) in [6.07, 6.45) is 0.893. The van der Waals surface area contributed by atoms with Crippen LogP contribution in [0.2, 0.25) is 0 Å². The topological polar surface area (TPSA) is 47.1 Å². The summed E-state index contributed by atoms with van der Waals surface area (Å²) in [5, 5.41) is 0. The smallest absolute Gasteiger partial charge is 0.324 e. The Bertz CT molecular complexity index is 1220. The summed E-state index contributed by atoms with van der Waals surface area (Å²) < 4.78 is 14.1. The number of hydrogen-bond donors (Lipinski definition) is 0. The minimum atomic E-state index is -0.238. The number of halogens is 1. The first-order valence-corrected chi connectivity index (χ1v) is 12.5. The zero-order chi connectivity index (χ0) is 25.1. The Labute approximate surface area is 211 Å². The molecular weight excluding hydrogens is 455 g/mol. The van der Waals surface area contributed by atoms with Crippen molar-refractivity contribution >= 4 is 23.3 Å². The molecule has 2 fully saturated rings. The van der Waals surface area contributed by atoms with Gasteiger partial charge in [0.15, 0.2) is 0 Å².